The molecule has 10 atom stereocenters. The highest BCUT2D eigenvalue weighted by Crippen LogP contribution is 2.61. The van der Waals surface area contributed by atoms with Gasteiger partial charge in [-0.15, -0.1) is 0 Å². The second-order valence-electron chi connectivity index (χ2n) is 9.44. The van der Waals surface area contributed by atoms with Gasteiger partial charge in [-0.2, -0.15) is 0 Å². The van der Waals surface area contributed by atoms with Crippen LogP contribution in [0.2, 0.25) is 0 Å². The second-order valence-corrected chi connectivity index (χ2v) is 9.44. The number of aromatic hydroxyl groups is 1. The third kappa shape index (κ3) is 4.33. The van der Waals surface area contributed by atoms with Crippen molar-refractivity contribution in [2.24, 2.45) is 5.92 Å². The first-order chi connectivity index (χ1) is 16.6. The molecule has 3 fully saturated rings. The minimum absolute atomic E-state index is 0.0744. The zero-order valence-electron chi connectivity index (χ0n) is 18.8. The molecule has 1 saturated carbocycles. The van der Waals surface area contributed by atoms with E-state index < -0.39 is 66.7 Å². The molecule has 190 valence electrons. The highest BCUT2D eigenvalue weighted by atomic mass is 16.8. The highest BCUT2D eigenvalue weighted by Gasteiger charge is 2.74. The highest BCUT2D eigenvalue weighted by molar-refractivity contribution is 5.87. The molecule has 0 radical (unpaired) electrons. The number of aliphatic hydroxyl groups excluding tert-OH is 3. The molecule has 4 aliphatic rings. The topological polar surface area (TPSA) is 168 Å². The number of carbonyl (C=O) groups is 1. The van der Waals surface area contributed by atoms with Gasteiger partial charge in [0.15, 0.2) is 6.10 Å². The van der Waals surface area contributed by atoms with Crippen LogP contribution in [0.4, 0.5) is 0 Å². The van der Waals surface area contributed by atoms with Crippen LogP contribution >= 0.6 is 0 Å². The van der Waals surface area contributed by atoms with E-state index in [9.17, 15) is 30.3 Å². The predicted molar refractivity (Wildman–Crippen MR) is 116 cm³/mol. The molecule has 1 aliphatic carbocycles. The molecule has 2 saturated heterocycles. The fourth-order valence-corrected chi connectivity index (χ4v) is 5.16. The van der Waals surface area contributed by atoms with E-state index in [0.717, 1.165) is 6.08 Å². The van der Waals surface area contributed by atoms with Crippen LogP contribution in [0.25, 0.3) is 6.08 Å². The standard InChI is InChI=1S/C24H28O11/c1-23-15(35-23)10-24(30)8-9-31-22(20(23)24)34-21-19(18(29)17(28)14(11-25)32-21)33-16(27)7-4-12-2-5-13(26)6-3-12/h2-9,14-15,17-22,25-26,28-30H,10-11H2,1H3/b7-4-/t14-,15+,17-,18+,19-,20-,21+,22+,23+,24-/m1/s1. The van der Waals surface area contributed by atoms with Crippen molar-refractivity contribution in [3.05, 3.63) is 48.2 Å². The average molecular weight is 492 g/mol. The summed E-state index contributed by atoms with van der Waals surface area (Å²) in [5.74, 6) is -1.41. The van der Waals surface area contributed by atoms with Crippen LogP contribution in [0.15, 0.2) is 42.7 Å². The van der Waals surface area contributed by atoms with Crippen molar-refractivity contribution < 1.29 is 54.0 Å². The van der Waals surface area contributed by atoms with Gasteiger partial charge in [0.05, 0.1) is 24.9 Å². The average Bonchev–Trinajstić information content (AvgIpc) is 3.39. The van der Waals surface area contributed by atoms with Gasteiger partial charge in [-0.1, -0.05) is 12.1 Å². The lowest BCUT2D eigenvalue weighted by Crippen LogP contribution is -2.62. The van der Waals surface area contributed by atoms with E-state index >= 15 is 0 Å². The van der Waals surface area contributed by atoms with Crippen molar-refractivity contribution in [1.82, 2.24) is 0 Å². The first-order valence-corrected chi connectivity index (χ1v) is 11.3. The Kier molecular flexibility index (Phi) is 6.12. The third-order valence-corrected chi connectivity index (χ3v) is 7.14. The molecule has 1 aromatic carbocycles. The monoisotopic (exact) mass is 492 g/mol. The van der Waals surface area contributed by atoms with Gasteiger partial charge >= 0.3 is 5.97 Å². The lowest BCUT2D eigenvalue weighted by molar-refractivity contribution is -0.348. The molecule has 5 rings (SSSR count). The summed E-state index contributed by atoms with van der Waals surface area (Å²) in [6.45, 7) is 1.21. The molecule has 5 N–H and O–H groups in total. The van der Waals surface area contributed by atoms with Crippen molar-refractivity contribution >= 4 is 12.0 Å². The summed E-state index contributed by atoms with van der Waals surface area (Å²) in [5, 5.41) is 51.0. The first kappa shape index (κ1) is 24.2. The van der Waals surface area contributed by atoms with Crippen molar-refractivity contribution in [3.8, 4) is 5.75 Å². The Morgan fingerprint density at radius 2 is 1.94 bits per heavy atom. The second kappa shape index (κ2) is 8.86. The normalized spacial score (nSPS) is 43.9. The van der Waals surface area contributed by atoms with E-state index in [0.29, 0.717) is 12.0 Å². The number of ether oxygens (including phenoxy) is 5. The van der Waals surface area contributed by atoms with Crippen molar-refractivity contribution in [3.63, 3.8) is 0 Å². The summed E-state index contributed by atoms with van der Waals surface area (Å²) in [6, 6.07) is 6.08. The van der Waals surface area contributed by atoms with Crippen molar-refractivity contribution in [2.75, 3.05) is 6.61 Å². The summed E-state index contributed by atoms with van der Waals surface area (Å²) in [4.78, 5) is 12.5. The van der Waals surface area contributed by atoms with E-state index in [-0.39, 0.29) is 11.9 Å². The lowest BCUT2D eigenvalue weighted by Gasteiger charge is -2.45. The van der Waals surface area contributed by atoms with Gasteiger partial charge in [0.1, 0.15) is 35.3 Å². The first-order valence-electron chi connectivity index (χ1n) is 11.3. The van der Waals surface area contributed by atoms with Crippen LogP contribution < -0.4 is 0 Å². The molecule has 0 bridgehead atoms. The van der Waals surface area contributed by atoms with E-state index in [4.69, 9.17) is 23.7 Å². The smallest absolute Gasteiger partial charge is 0.331 e. The van der Waals surface area contributed by atoms with E-state index in [1.54, 1.807) is 18.2 Å². The Bertz CT molecular complexity index is 1010. The van der Waals surface area contributed by atoms with Gasteiger partial charge in [-0.05, 0) is 36.8 Å². The number of phenols is 1. The molecule has 3 aliphatic heterocycles. The molecule has 0 amide bonds. The molecular formula is C24H28O11. The summed E-state index contributed by atoms with van der Waals surface area (Å²) >= 11 is 0. The number of carbonyl (C=O) groups excluding carboxylic acids is 1. The number of fused-ring (bicyclic) bond motifs is 3. The van der Waals surface area contributed by atoms with Gasteiger partial charge in [-0.3, -0.25) is 0 Å². The van der Waals surface area contributed by atoms with Crippen LogP contribution in [-0.2, 0) is 28.5 Å². The Morgan fingerprint density at radius 1 is 1.20 bits per heavy atom. The molecule has 3 heterocycles. The predicted octanol–water partition coefficient (Wildman–Crippen LogP) is -0.449. The quantitative estimate of drug-likeness (QED) is 0.198. The number of epoxide rings is 1. The van der Waals surface area contributed by atoms with Crippen LogP contribution in [0.1, 0.15) is 18.9 Å². The fraction of sp³-hybridized carbons (Fsp3) is 0.542. The SMILES string of the molecule is C[C@]12O[C@H]1C[C@]1(O)C=CO[C@@H](O[C@@H]3O[C@H](CO)[C@@H](O)[C@H](O)[C@H]3OC(=O)/C=C\c3ccc(O)cc3)[C@H]21. The lowest BCUT2D eigenvalue weighted by atomic mass is 9.83. The van der Waals surface area contributed by atoms with Crippen LogP contribution in [0, 0.1) is 5.92 Å². The maximum atomic E-state index is 12.5. The Labute approximate surface area is 200 Å². The van der Waals surface area contributed by atoms with Crippen LogP contribution in [-0.4, -0.2) is 92.4 Å². The number of aliphatic hydroxyl groups is 4. The molecule has 0 aromatic heterocycles. The molecule has 11 heteroatoms. The van der Waals surface area contributed by atoms with Gasteiger partial charge in [0.25, 0.3) is 0 Å². The maximum absolute atomic E-state index is 12.5. The zero-order chi connectivity index (χ0) is 25.0. The molecular weight excluding hydrogens is 464 g/mol. The molecule has 35 heavy (non-hydrogen) atoms. The summed E-state index contributed by atoms with van der Waals surface area (Å²) in [7, 11) is 0. The summed E-state index contributed by atoms with van der Waals surface area (Å²) < 4.78 is 28.3. The Morgan fingerprint density at radius 3 is 2.66 bits per heavy atom. The minimum atomic E-state index is -1.64. The van der Waals surface area contributed by atoms with Crippen LogP contribution in [0.5, 0.6) is 5.75 Å². The fourth-order valence-electron chi connectivity index (χ4n) is 5.16. The molecule has 0 spiro atoms. The Hall–Kier alpha value is -2.51. The number of rotatable bonds is 6. The number of hydrogen-bond donors (Lipinski definition) is 5. The van der Waals surface area contributed by atoms with E-state index in [1.165, 1.54) is 24.5 Å². The minimum Gasteiger partial charge on any atom is -0.508 e. The van der Waals surface area contributed by atoms with Crippen molar-refractivity contribution in [1.29, 1.82) is 0 Å². The van der Waals surface area contributed by atoms with Gasteiger partial charge in [-0.25, -0.2) is 4.79 Å². The van der Waals surface area contributed by atoms with Gasteiger partial charge < -0.3 is 49.2 Å². The van der Waals surface area contributed by atoms with E-state index in [1.807, 2.05) is 6.92 Å². The zero-order valence-corrected chi connectivity index (χ0v) is 18.8. The van der Waals surface area contributed by atoms with Crippen LogP contribution in [0.3, 0.4) is 0 Å². The third-order valence-electron chi connectivity index (χ3n) is 7.14. The van der Waals surface area contributed by atoms with Crippen molar-refractivity contribution in [2.45, 2.75) is 67.6 Å². The number of benzene rings is 1. The summed E-state index contributed by atoms with van der Waals surface area (Å²) in [6.07, 6.45) is -2.78. The number of phenolic OH excluding ortho intramolecular Hbond substituents is 1. The molecule has 1 aromatic rings. The van der Waals surface area contributed by atoms with Gasteiger partial charge in [0, 0.05) is 12.5 Å². The number of hydrogen-bond acceptors (Lipinski definition) is 11. The molecule has 0 unspecified atom stereocenters. The summed E-state index contributed by atoms with van der Waals surface area (Å²) in [5.41, 5.74) is -1.31. The van der Waals surface area contributed by atoms with E-state index in [2.05, 4.69) is 0 Å². The largest absolute Gasteiger partial charge is 0.508 e. The van der Waals surface area contributed by atoms with Gasteiger partial charge in [0.2, 0.25) is 12.6 Å². The molecule has 11 nitrogen and oxygen atoms in total. The maximum Gasteiger partial charge on any atom is 0.331 e. The Balaban J connectivity index is 1.33. The number of esters is 1.